The number of pyridine rings is 1. The normalized spacial score (nSPS) is 24.2. The average molecular weight is 663 g/mol. The van der Waals surface area contributed by atoms with Gasteiger partial charge in [-0.05, 0) is 81.1 Å². The number of phenols is 1. The Kier molecular flexibility index (Phi) is 8.54. The van der Waals surface area contributed by atoms with Gasteiger partial charge in [0, 0.05) is 16.9 Å². The number of benzene rings is 2. The van der Waals surface area contributed by atoms with Crippen LogP contribution in [0.25, 0.3) is 32.9 Å². The van der Waals surface area contributed by atoms with E-state index in [9.17, 15) is 5.11 Å². The van der Waals surface area contributed by atoms with Crippen molar-refractivity contribution in [2.45, 2.75) is 70.5 Å². The highest BCUT2D eigenvalue weighted by Gasteiger charge is 2.45. The number of nitrogens with one attached hydrogen (secondary N) is 2. The summed E-state index contributed by atoms with van der Waals surface area (Å²) in [6, 6.07) is 5.24. The van der Waals surface area contributed by atoms with Crippen LogP contribution in [0.2, 0.25) is 0 Å². The molecule has 0 radical (unpaired) electrons. The van der Waals surface area contributed by atoms with Crippen LogP contribution in [0.4, 0.5) is 23.4 Å². The van der Waals surface area contributed by atoms with Crippen LogP contribution in [-0.4, -0.2) is 69.3 Å². The summed E-state index contributed by atoms with van der Waals surface area (Å²) in [5, 5.41) is 16.8. The highest BCUT2D eigenvalue weighted by Crippen LogP contribution is 2.42. The van der Waals surface area contributed by atoms with Crippen LogP contribution in [-0.2, 0) is 6.42 Å². The summed E-state index contributed by atoms with van der Waals surface area (Å²) in [6.45, 7) is 5.57. The first-order chi connectivity index (χ1) is 23.1. The van der Waals surface area contributed by atoms with Gasteiger partial charge in [-0.1, -0.05) is 25.8 Å². The summed E-state index contributed by atoms with van der Waals surface area (Å²) in [4.78, 5) is 16.4. The fraction of sp³-hybridized carbons (Fsp3) is 0.472. The lowest BCUT2D eigenvalue weighted by Gasteiger charge is -2.31. The van der Waals surface area contributed by atoms with E-state index in [4.69, 9.17) is 16.1 Å². The van der Waals surface area contributed by atoms with Crippen molar-refractivity contribution in [3.63, 3.8) is 0 Å². The Morgan fingerprint density at radius 1 is 1.10 bits per heavy atom. The second kappa shape index (κ2) is 12.7. The number of aromatic hydroxyl groups is 1. The first kappa shape index (κ1) is 32.3. The molecular weight excluding hydrogens is 624 g/mol. The fourth-order valence-corrected chi connectivity index (χ4v) is 8.05. The van der Waals surface area contributed by atoms with E-state index in [1.807, 2.05) is 13.8 Å². The van der Waals surface area contributed by atoms with E-state index in [0.717, 1.165) is 38.8 Å². The van der Waals surface area contributed by atoms with Gasteiger partial charge in [-0.3, -0.25) is 10.2 Å². The number of hydrogen-bond donors (Lipinski definition) is 3. The SMILES string of the molecule is C#Cc1c(F)ccc2cc(O)cc(-c3nc4c5c(nc(OCC67CCCN6CCC7)nc5c3F)NCC(F)NC(F)C(CC)[C@@H](C)C4)c12. The molecule has 8 nitrogen and oxygen atoms in total. The quantitative estimate of drug-likeness (QED) is 0.125. The number of aromatic nitrogens is 3. The molecule has 3 aliphatic heterocycles. The van der Waals surface area contributed by atoms with Crippen LogP contribution in [0.1, 0.15) is 57.2 Å². The maximum Gasteiger partial charge on any atom is 0.319 e. The molecule has 2 saturated heterocycles. The molecule has 2 fully saturated rings. The van der Waals surface area contributed by atoms with Crippen molar-refractivity contribution in [1.82, 2.24) is 25.2 Å². The van der Waals surface area contributed by atoms with Gasteiger partial charge in [-0.2, -0.15) is 9.97 Å². The predicted octanol–water partition coefficient (Wildman–Crippen LogP) is 6.63. The second-order valence-corrected chi connectivity index (χ2v) is 13.3. The lowest BCUT2D eigenvalue weighted by Crippen LogP contribution is -2.43. The maximum absolute atomic E-state index is 17.1. The Morgan fingerprint density at radius 2 is 1.88 bits per heavy atom. The van der Waals surface area contributed by atoms with Crippen LogP contribution in [0.5, 0.6) is 11.8 Å². The maximum atomic E-state index is 17.1. The van der Waals surface area contributed by atoms with Gasteiger partial charge in [0.15, 0.2) is 18.4 Å². The molecule has 12 heteroatoms. The standard InChI is InChI=1S/C36H38F4N6O2/c1-4-22-19(3)14-26-29-32(30(39)31(42-26)24-16-21(47)15-20-8-9-25(37)23(5-2)28(20)24)44-35(45-34(29)41-17-27(38)43-33(22)40)48-18-36-10-6-12-46(36)13-7-11-36/h2,8-9,15-16,19,22,27,33,43,47H,4,6-7,10-14,17-18H2,1,3H3,(H,41,44,45)/t19-,22?,27?,33?/m0/s1. The summed E-state index contributed by atoms with van der Waals surface area (Å²) in [5.41, 5.74) is -0.231. The third-order valence-corrected chi connectivity index (χ3v) is 10.5. The first-order valence-corrected chi connectivity index (χ1v) is 16.6. The van der Waals surface area contributed by atoms with Crippen LogP contribution in [0, 0.1) is 35.8 Å². The minimum atomic E-state index is -1.77. The summed E-state index contributed by atoms with van der Waals surface area (Å²) in [7, 11) is 0. The van der Waals surface area contributed by atoms with Crippen LogP contribution < -0.4 is 15.4 Å². The van der Waals surface area contributed by atoms with Crippen LogP contribution in [0.15, 0.2) is 24.3 Å². The van der Waals surface area contributed by atoms with Crippen molar-refractivity contribution in [3.05, 3.63) is 47.2 Å². The lowest BCUT2D eigenvalue weighted by molar-refractivity contribution is 0.0910. The van der Waals surface area contributed by atoms with E-state index in [2.05, 4.69) is 31.4 Å². The number of fused-ring (bicyclic) bond motifs is 2. The third kappa shape index (κ3) is 5.56. The Balaban J connectivity index is 1.46. The third-order valence-electron chi connectivity index (χ3n) is 10.5. The molecule has 0 spiro atoms. The number of nitrogens with zero attached hydrogens (tertiary/aromatic N) is 4. The molecule has 0 saturated carbocycles. The van der Waals surface area contributed by atoms with Gasteiger partial charge >= 0.3 is 6.01 Å². The van der Waals surface area contributed by atoms with Gasteiger partial charge in [-0.25, -0.2) is 22.5 Å². The van der Waals surface area contributed by atoms with Gasteiger partial charge in [-0.15, -0.1) is 6.42 Å². The minimum Gasteiger partial charge on any atom is -0.508 e. The largest absolute Gasteiger partial charge is 0.508 e. The molecule has 4 aromatic rings. The highest BCUT2D eigenvalue weighted by atomic mass is 19.2. The molecule has 3 N–H and O–H groups in total. The van der Waals surface area contributed by atoms with Gasteiger partial charge in [0.2, 0.25) is 0 Å². The number of hydrogen-bond acceptors (Lipinski definition) is 8. The zero-order chi connectivity index (χ0) is 33.7. The second-order valence-electron chi connectivity index (χ2n) is 13.3. The highest BCUT2D eigenvalue weighted by molar-refractivity contribution is 6.03. The Labute approximate surface area is 276 Å². The first-order valence-electron chi connectivity index (χ1n) is 16.6. The summed E-state index contributed by atoms with van der Waals surface area (Å²) in [6.07, 6.45) is 6.90. The van der Waals surface area contributed by atoms with Crippen molar-refractivity contribution in [1.29, 1.82) is 0 Å². The molecule has 48 heavy (non-hydrogen) atoms. The molecule has 252 valence electrons. The minimum absolute atomic E-state index is 0.0676. The number of anilines is 1. The Morgan fingerprint density at radius 3 is 2.60 bits per heavy atom. The summed E-state index contributed by atoms with van der Waals surface area (Å²) < 4.78 is 68.9. The number of alkyl halides is 2. The van der Waals surface area contributed by atoms with E-state index in [1.54, 1.807) is 0 Å². The van der Waals surface area contributed by atoms with E-state index >= 15 is 17.6 Å². The molecule has 3 unspecified atom stereocenters. The monoisotopic (exact) mass is 662 g/mol. The molecule has 2 aromatic carbocycles. The molecule has 5 heterocycles. The molecule has 7 rings (SSSR count). The van der Waals surface area contributed by atoms with Gasteiger partial charge in [0.05, 0.1) is 28.7 Å². The van der Waals surface area contributed by atoms with E-state index in [1.165, 1.54) is 24.3 Å². The van der Waals surface area contributed by atoms with E-state index in [0.29, 0.717) is 24.1 Å². The number of halogens is 4. The van der Waals surface area contributed by atoms with Gasteiger partial charge in [0.25, 0.3) is 0 Å². The van der Waals surface area contributed by atoms with E-state index in [-0.39, 0.29) is 75.1 Å². The molecular formula is C36H38F4N6O2. The van der Waals surface area contributed by atoms with Crippen LogP contribution >= 0.6 is 0 Å². The molecule has 3 aliphatic rings. The van der Waals surface area contributed by atoms with Crippen molar-refractivity contribution in [2.75, 3.05) is 31.6 Å². The zero-order valence-corrected chi connectivity index (χ0v) is 26.9. The molecule has 0 aliphatic carbocycles. The molecule has 2 aromatic heterocycles. The van der Waals surface area contributed by atoms with Crippen LogP contribution in [0.3, 0.4) is 0 Å². The smallest absolute Gasteiger partial charge is 0.319 e. The topological polar surface area (TPSA) is 95.4 Å². The van der Waals surface area contributed by atoms with Crippen molar-refractivity contribution < 1.29 is 27.4 Å². The zero-order valence-electron chi connectivity index (χ0n) is 26.9. The number of rotatable bonds is 5. The molecule has 0 amide bonds. The Hall–Kier alpha value is -4.21. The summed E-state index contributed by atoms with van der Waals surface area (Å²) >= 11 is 0. The molecule has 0 bridgehead atoms. The number of ether oxygens (including phenoxy) is 1. The fourth-order valence-electron chi connectivity index (χ4n) is 8.05. The van der Waals surface area contributed by atoms with Crippen molar-refractivity contribution >= 4 is 27.5 Å². The number of phenolic OH excluding ortho intramolecular Hbond substituents is 1. The molecule has 4 atom stereocenters. The van der Waals surface area contributed by atoms with Crippen molar-refractivity contribution in [2.24, 2.45) is 11.8 Å². The van der Waals surface area contributed by atoms with Gasteiger partial charge in [0.1, 0.15) is 35.2 Å². The summed E-state index contributed by atoms with van der Waals surface area (Å²) in [5.74, 6) is -0.271. The van der Waals surface area contributed by atoms with E-state index < -0.39 is 30.1 Å². The number of terminal acetylenes is 1. The average Bonchev–Trinajstić information content (AvgIpc) is 3.64. The lowest BCUT2D eigenvalue weighted by atomic mass is 9.86. The van der Waals surface area contributed by atoms with Crippen molar-refractivity contribution in [3.8, 4) is 35.4 Å². The Bertz CT molecular complexity index is 1920. The van der Waals surface area contributed by atoms with Gasteiger partial charge < -0.3 is 15.2 Å². The predicted molar refractivity (Wildman–Crippen MR) is 176 cm³/mol.